The van der Waals surface area contributed by atoms with E-state index >= 15 is 0 Å². The van der Waals surface area contributed by atoms with E-state index in [0.717, 1.165) is 16.7 Å². The van der Waals surface area contributed by atoms with E-state index in [1.807, 2.05) is 35.0 Å². The molecule has 1 aromatic carbocycles. The number of carbonyl (C=O) groups is 1. The summed E-state index contributed by atoms with van der Waals surface area (Å²) in [5, 5.41) is 1.05. The molecular formula is C12H14N2O2. The van der Waals surface area contributed by atoms with Gasteiger partial charge in [-0.3, -0.25) is 4.79 Å². The van der Waals surface area contributed by atoms with Crippen LogP contribution in [0.4, 0.5) is 0 Å². The van der Waals surface area contributed by atoms with Crippen molar-refractivity contribution in [3.05, 3.63) is 30.5 Å². The number of hydrogen-bond donors (Lipinski definition) is 1. The predicted molar refractivity (Wildman–Crippen MR) is 62.3 cm³/mol. The first kappa shape index (κ1) is 10.5. The van der Waals surface area contributed by atoms with Crippen LogP contribution in [0.5, 0.6) is 5.75 Å². The lowest BCUT2D eigenvalue weighted by Gasteiger charge is -2.05. The highest BCUT2D eigenvalue weighted by atomic mass is 16.5. The fraction of sp³-hybridized carbons (Fsp3) is 0.250. The highest BCUT2D eigenvalue weighted by molar-refractivity contribution is 5.86. The minimum atomic E-state index is -0.287. The average molecular weight is 218 g/mol. The molecule has 0 bridgehead atoms. The van der Waals surface area contributed by atoms with Gasteiger partial charge in [-0.25, -0.2) is 0 Å². The van der Waals surface area contributed by atoms with Crippen LogP contribution in [0, 0.1) is 0 Å². The second-order valence-corrected chi connectivity index (χ2v) is 3.62. The van der Waals surface area contributed by atoms with E-state index < -0.39 is 0 Å². The fourth-order valence-corrected chi connectivity index (χ4v) is 1.80. The normalized spacial score (nSPS) is 10.6. The second kappa shape index (κ2) is 4.26. The molecule has 0 aliphatic carbocycles. The maximum Gasteiger partial charge on any atom is 0.219 e. The Morgan fingerprint density at radius 1 is 1.44 bits per heavy atom. The molecule has 16 heavy (non-hydrogen) atoms. The van der Waals surface area contributed by atoms with Gasteiger partial charge in [0, 0.05) is 24.5 Å². The summed E-state index contributed by atoms with van der Waals surface area (Å²) in [5.74, 6) is 0.556. The molecule has 2 N–H and O–H groups in total. The van der Waals surface area contributed by atoms with Gasteiger partial charge in [0.2, 0.25) is 5.91 Å². The van der Waals surface area contributed by atoms with Crippen LogP contribution in [0.2, 0.25) is 0 Å². The molecule has 0 fully saturated rings. The Kier molecular flexibility index (Phi) is 2.81. The molecule has 0 unspecified atom stereocenters. The SMILES string of the molecule is COc1cccc2c1ccn2CCC(N)=O. The summed E-state index contributed by atoms with van der Waals surface area (Å²) in [7, 11) is 1.65. The Morgan fingerprint density at radius 3 is 2.94 bits per heavy atom. The van der Waals surface area contributed by atoms with Crippen molar-refractivity contribution in [3.63, 3.8) is 0 Å². The lowest BCUT2D eigenvalue weighted by molar-refractivity contribution is -0.118. The largest absolute Gasteiger partial charge is 0.496 e. The van der Waals surface area contributed by atoms with Crippen LogP contribution in [0.3, 0.4) is 0 Å². The number of fused-ring (bicyclic) bond motifs is 1. The number of nitrogens with zero attached hydrogens (tertiary/aromatic N) is 1. The van der Waals surface area contributed by atoms with Crippen molar-refractivity contribution in [1.29, 1.82) is 0 Å². The number of benzene rings is 1. The van der Waals surface area contributed by atoms with Gasteiger partial charge >= 0.3 is 0 Å². The van der Waals surface area contributed by atoms with Crippen molar-refractivity contribution in [1.82, 2.24) is 4.57 Å². The Labute approximate surface area is 93.6 Å². The van der Waals surface area contributed by atoms with Crippen molar-refractivity contribution in [3.8, 4) is 5.75 Å². The minimum absolute atomic E-state index is 0.287. The van der Waals surface area contributed by atoms with Crippen LogP contribution in [-0.2, 0) is 11.3 Å². The topological polar surface area (TPSA) is 57.2 Å². The summed E-state index contributed by atoms with van der Waals surface area (Å²) >= 11 is 0. The molecule has 0 spiro atoms. The van der Waals surface area contributed by atoms with Crippen molar-refractivity contribution >= 4 is 16.8 Å². The molecular weight excluding hydrogens is 204 g/mol. The van der Waals surface area contributed by atoms with Crippen LogP contribution < -0.4 is 10.5 Å². The van der Waals surface area contributed by atoms with Gasteiger partial charge in [-0.2, -0.15) is 0 Å². The molecule has 0 radical (unpaired) electrons. The molecule has 4 heteroatoms. The van der Waals surface area contributed by atoms with Gasteiger partial charge in [-0.1, -0.05) is 6.07 Å². The minimum Gasteiger partial charge on any atom is -0.496 e. The number of ether oxygens (including phenoxy) is 1. The second-order valence-electron chi connectivity index (χ2n) is 3.62. The number of rotatable bonds is 4. The number of aromatic nitrogens is 1. The smallest absolute Gasteiger partial charge is 0.219 e. The van der Waals surface area contributed by atoms with Crippen LogP contribution in [0.25, 0.3) is 10.9 Å². The summed E-state index contributed by atoms with van der Waals surface area (Å²) in [6.07, 6.45) is 2.29. The third-order valence-corrected chi connectivity index (χ3v) is 2.59. The van der Waals surface area contributed by atoms with Crippen LogP contribution in [0.1, 0.15) is 6.42 Å². The zero-order chi connectivity index (χ0) is 11.5. The summed E-state index contributed by atoms with van der Waals surface area (Å²) < 4.78 is 7.26. The molecule has 2 rings (SSSR count). The number of hydrogen-bond acceptors (Lipinski definition) is 2. The van der Waals surface area contributed by atoms with E-state index in [9.17, 15) is 4.79 Å². The van der Waals surface area contributed by atoms with Crippen LogP contribution >= 0.6 is 0 Å². The molecule has 1 heterocycles. The number of nitrogens with two attached hydrogens (primary N) is 1. The van der Waals surface area contributed by atoms with E-state index in [4.69, 9.17) is 10.5 Å². The third kappa shape index (κ3) is 1.86. The molecule has 0 saturated heterocycles. The van der Waals surface area contributed by atoms with Crippen LogP contribution in [0.15, 0.2) is 30.5 Å². The Morgan fingerprint density at radius 2 is 2.25 bits per heavy atom. The van der Waals surface area contributed by atoms with Gasteiger partial charge in [0.15, 0.2) is 0 Å². The lowest BCUT2D eigenvalue weighted by Crippen LogP contribution is -2.13. The fourth-order valence-electron chi connectivity index (χ4n) is 1.80. The summed E-state index contributed by atoms with van der Waals surface area (Å²) in [5.41, 5.74) is 6.19. The molecule has 0 saturated carbocycles. The Bertz CT molecular complexity index is 517. The van der Waals surface area contributed by atoms with E-state index in [1.54, 1.807) is 7.11 Å². The average Bonchev–Trinajstić information content (AvgIpc) is 2.69. The van der Waals surface area contributed by atoms with Crippen molar-refractivity contribution in [2.75, 3.05) is 7.11 Å². The molecule has 1 aromatic heterocycles. The van der Waals surface area contributed by atoms with Crippen molar-refractivity contribution in [2.45, 2.75) is 13.0 Å². The summed E-state index contributed by atoms with van der Waals surface area (Å²) in [4.78, 5) is 10.7. The van der Waals surface area contributed by atoms with E-state index in [1.165, 1.54) is 0 Å². The quantitative estimate of drug-likeness (QED) is 0.846. The first-order valence-electron chi connectivity index (χ1n) is 5.12. The number of amides is 1. The van der Waals surface area contributed by atoms with E-state index in [-0.39, 0.29) is 5.91 Å². The van der Waals surface area contributed by atoms with Gasteiger partial charge < -0.3 is 15.0 Å². The maximum absolute atomic E-state index is 10.7. The monoisotopic (exact) mass is 218 g/mol. The Balaban J connectivity index is 2.37. The number of aryl methyl sites for hydroxylation is 1. The van der Waals surface area contributed by atoms with Gasteiger partial charge in [-0.15, -0.1) is 0 Å². The van der Waals surface area contributed by atoms with Crippen LogP contribution in [-0.4, -0.2) is 17.6 Å². The maximum atomic E-state index is 10.7. The first-order chi connectivity index (χ1) is 7.72. The Hall–Kier alpha value is -1.97. The van der Waals surface area contributed by atoms with Gasteiger partial charge in [0.1, 0.15) is 5.75 Å². The highest BCUT2D eigenvalue weighted by Gasteiger charge is 2.05. The number of carbonyl (C=O) groups excluding carboxylic acids is 1. The molecule has 0 aliphatic heterocycles. The highest BCUT2D eigenvalue weighted by Crippen LogP contribution is 2.26. The zero-order valence-corrected chi connectivity index (χ0v) is 9.14. The third-order valence-electron chi connectivity index (χ3n) is 2.59. The van der Waals surface area contributed by atoms with E-state index in [0.29, 0.717) is 13.0 Å². The molecule has 0 atom stereocenters. The number of methoxy groups -OCH3 is 1. The van der Waals surface area contributed by atoms with Gasteiger partial charge in [0.05, 0.1) is 12.6 Å². The number of primary amides is 1. The lowest BCUT2D eigenvalue weighted by atomic mass is 10.2. The van der Waals surface area contributed by atoms with E-state index in [2.05, 4.69) is 0 Å². The first-order valence-corrected chi connectivity index (χ1v) is 5.12. The summed E-state index contributed by atoms with van der Waals surface area (Å²) in [6.45, 7) is 0.603. The molecule has 2 aromatic rings. The molecule has 4 nitrogen and oxygen atoms in total. The van der Waals surface area contributed by atoms with Crippen molar-refractivity contribution < 1.29 is 9.53 Å². The summed E-state index contributed by atoms with van der Waals surface area (Å²) in [6, 6.07) is 7.83. The molecule has 84 valence electrons. The van der Waals surface area contributed by atoms with Gasteiger partial charge in [0.25, 0.3) is 0 Å². The molecule has 0 aliphatic rings. The van der Waals surface area contributed by atoms with Crippen molar-refractivity contribution in [2.24, 2.45) is 5.73 Å². The molecule has 1 amide bonds. The standard InChI is InChI=1S/C12H14N2O2/c1-16-11-4-2-3-10-9(11)5-7-14(10)8-6-12(13)15/h2-5,7H,6,8H2,1H3,(H2,13,15). The van der Waals surface area contributed by atoms with Gasteiger partial charge in [-0.05, 0) is 18.2 Å². The zero-order valence-electron chi connectivity index (χ0n) is 9.14. The predicted octanol–water partition coefficient (Wildman–Crippen LogP) is 1.53.